The van der Waals surface area contributed by atoms with Gasteiger partial charge in [0.2, 0.25) is 5.76 Å². The van der Waals surface area contributed by atoms with E-state index in [2.05, 4.69) is 15.3 Å². The molecule has 1 amide bonds. The second kappa shape index (κ2) is 7.98. The summed E-state index contributed by atoms with van der Waals surface area (Å²) >= 11 is 5.99. The smallest absolute Gasteiger partial charge is 0.279 e. The summed E-state index contributed by atoms with van der Waals surface area (Å²) in [5, 5.41) is 3.32. The molecule has 0 unspecified atom stereocenters. The number of pyridine rings is 1. The van der Waals surface area contributed by atoms with E-state index in [0.717, 1.165) is 5.56 Å². The molecule has 0 bridgehead atoms. The van der Waals surface area contributed by atoms with Gasteiger partial charge >= 0.3 is 0 Å². The maximum atomic E-state index is 12.7. The number of nitrogens with zero attached hydrogens (tertiary/aromatic N) is 2. The summed E-state index contributed by atoms with van der Waals surface area (Å²) < 4.78 is 16.4. The Bertz CT molecular complexity index is 1090. The number of rotatable bonds is 6. The predicted molar refractivity (Wildman–Crippen MR) is 102 cm³/mol. The first-order valence-corrected chi connectivity index (χ1v) is 8.69. The zero-order chi connectivity index (χ0) is 19.3. The van der Waals surface area contributed by atoms with Crippen molar-refractivity contribution in [3.05, 3.63) is 83.7 Å². The normalized spacial score (nSPS) is 10.6. The van der Waals surface area contributed by atoms with Crippen LogP contribution < -0.4 is 10.1 Å². The lowest BCUT2D eigenvalue weighted by molar-refractivity contribution is 0.102. The summed E-state index contributed by atoms with van der Waals surface area (Å²) in [5.41, 5.74) is 0.978. The zero-order valence-corrected chi connectivity index (χ0v) is 15.2. The average Bonchev–Trinajstić information content (AvgIpc) is 3.38. The van der Waals surface area contributed by atoms with E-state index in [4.69, 9.17) is 25.2 Å². The lowest BCUT2D eigenvalue weighted by atomic mass is 10.2. The topological polar surface area (TPSA) is 90.4 Å². The van der Waals surface area contributed by atoms with Crippen molar-refractivity contribution in [2.24, 2.45) is 0 Å². The number of hydrogen-bond acceptors (Lipinski definition) is 6. The highest BCUT2D eigenvalue weighted by Gasteiger charge is 2.21. The highest BCUT2D eigenvalue weighted by molar-refractivity contribution is 6.30. The highest BCUT2D eigenvalue weighted by atomic mass is 35.5. The van der Waals surface area contributed by atoms with Gasteiger partial charge in [-0.2, -0.15) is 0 Å². The molecule has 0 saturated heterocycles. The third-order valence-electron chi connectivity index (χ3n) is 3.81. The number of oxazole rings is 1. The average molecular weight is 396 g/mol. The number of amides is 1. The molecule has 0 spiro atoms. The molecule has 4 aromatic rings. The minimum atomic E-state index is -0.494. The van der Waals surface area contributed by atoms with Crippen LogP contribution in [0.5, 0.6) is 5.75 Å². The van der Waals surface area contributed by atoms with Gasteiger partial charge in [0.15, 0.2) is 29.4 Å². The zero-order valence-electron chi connectivity index (χ0n) is 14.5. The first-order chi connectivity index (χ1) is 13.7. The number of carbonyl (C=O) groups is 1. The first-order valence-electron chi connectivity index (χ1n) is 8.31. The number of carbonyl (C=O) groups excluding carboxylic acids is 1. The monoisotopic (exact) mass is 395 g/mol. The number of nitrogens with one attached hydrogen (secondary N) is 1. The maximum absolute atomic E-state index is 12.7. The minimum Gasteiger partial charge on any atom is -0.485 e. The minimum absolute atomic E-state index is 0.0846. The molecule has 0 radical (unpaired) electrons. The third-order valence-corrected chi connectivity index (χ3v) is 4.05. The molecule has 1 N–H and O–H groups in total. The molecule has 140 valence electrons. The van der Waals surface area contributed by atoms with Crippen LogP contribution in [0.4, 0.5) is 5.82 Å². The molecule has 3 aromatic heterocycles. The van der Waals surface area contributed by atoms with Crippen molar-refractivity contribution in [3.8, 4) is 17.3 Å². The molecule has 1 aromatic carbocycles. The molecule has 0 atom stereocenters. The van der Waals surface area contributed by atoms with Gasteiger partial charge < -0.3 is 18.9 Å². The molecule has 0 fully saturated rings. The molecule has 28 heavy (non-hydrogen) atoms. The molecule has 8 heteroatoms. The molecule has 0 aliphatic carbocycles. The lowest BCUT2D eigenvalue weighted by Crippen LogP contribution is -2.15. The van der Waals surface area contributed by atoms with Crippen LogP contribution in [0.25, 0.3) is 11.5 Å². The summed E-state index contributed by atoms with van der Waals surface area (Å²) in [6, 6.07) is 14.1. The number of hydrogen-bond donors (Lipinski definition) is 1. The van der Waals surface area contributed by atoms with E-state index in [1.165, 1.54) is 12.7 Å². The number of aromatic nitrogens is 2. The molecule has 7 nitrogen and oxygen atoms in total. The predicted octanol–water partition coefficient (Wildman–Crippen LogP) is 4.81. The van der Waals surface area contributed by atoms with Crippen molar-refractivity contribution < 1.29 is 18.4 Å². The van der Waals surface area contributed by atoms with Gasteiger partial charge in [0, 0.05) is 11.2 Å². The molecular weight excluding hydrogens is 382 g/mol. The van der Waals surface area contributed by atoms with Crippen LogP contribution in [0.15, 0.2) is 76.2 Å². The highest BCUT2D eigenvalue weighted by Crippen LogP contribution is 2.26. The van der Waals surface area contributed by atoms with E-state index in [1.807, 2.05) is 12.1 Å². The molecule has 3 heterocycles. The molecule has 0 aliphatic rings. The Kier molecular flexibility index (Phi) is 5.07. The van der Waals surface area contributed by atoms with E-state index in [1.54, 1.807) is 42.6 Å². The van der Waals surface area contributed by atoms with Gasteiger partial charge in [-0.15, -0.1) is 0 Å². The molecule has 0 saturated carbocycles. The van der Waals surface area contributed by atoms with Crippen LogP contribution >= 0.6 is 11.6 Å². The summed E-state index contributed by atoms with van der Waals surface area (Å²) in [6.07, 6.45) is 4.22. The van der Waals surface area contributed by atoms with Gasteiger partial charge in [-0.3, -0.25) is 4.79 Å². The Morgan fingerprint density at radius 1 is 1.11 bits per heavy atom. The van der Waals surface area contributed by atoms with Crippen molar-refractivity contribution in [3.63, 3.8) is 0 Å². The van der Waals surface area contributed by atoms with Crippen LogP contribution in [0, 0.1) is 0 Å². The van der Waals surface area contributed by atoms with Crippen molar-refractivity contribution in [1.82, 2.24) is 9.97 Å². The number of ether oxygens (including phenoxy) is 1. The van der Waals surface area contributed by atoms with Crippen molar-refractivity contribution in [1.29, 1.82) is 0 Å². The largest absolute Gasteiger partial charge is 0.485 e. The fraction of sp³-hybridized carbons (Fsp3) is 0.0500. The lowest BCUT2D eigenvalue weighted by Gasteiger charge is -2.11. The second-order valence-corrected chi connectivity index (χ2v) is 6.17. The van der Waals surface area contributed by atoms with Crippen molar-refractivity contribution >= 4 is 23.3 Å². The van der Waals surface area contributed by atoms with Gasteiger partial charge in [0.25, 0.3) is 5.91 Å². The van der Waals surface area contributed by atoms with Crippen LogP contribution in [-0.4, -0.2) is 15.9 Å². The fourth-order valence-corrected chi connectivity index (χ4v) is 2.76. The summed E-state index contributed by atoms with van der Waals surface area (Å²) in [4.78, 5) is 20.8. The van der Waals surface area contributed by atoms with Gasteiger partial charge in [0.05, 0.1) is 6.26 Å². The second-order valence-electron chi connectivity index (χ2n) is 5.73. The van der Waals surface area contributed by atoms with Gasteiger partial charge in [-0.05, 0) is 42.0 Å². The van der Waals surface area contributed by atoms with Gasteiger partial charge in [0.1, 0.15) is 6.61 Å². The van der Waals surface area contributed by atoms with E-state index in [-0.39, 0.29) is 23.9 Å². The molecule has 0 aliphatic heterocycles. The summed E-state index contributed by atoms with van der Waals surface area (Å²) in [6.45, 7) is 0.275. The van der Waals surface area contributed by atoms with Crippen LogP contribution in [0.3, 0.4) is 0 Å². The molecular formula is C20H14ClN3O4. The van der Waals surface area contributed by atoms with Crippen molar-refractivity contribution in [2.45, 2.75) is 6.61 Å². The quantitative estimate of drug-likeness (QED) is 0.503. The number of halogens is 1. The van der Waals surface area contributed by atoms with Crippen LogP contribution in [-0.2, 0) is 6.61 Å². The van der Waals surface area contributed by atoms with E-state index < -0.39 is 5.91 Å². The number of anilines is 1. The maximum Gasteiger partial charge on any atom is 0.279 e. The Hall–Kier alpha value is -3.58. The summed E-state index contributed by atoms with van der Waals surface area (Å²) in [7, 11) is 0. The van der Waals surface area contributed by atoms with E-state index in [0.29, 0.717) is 16.5 Å². The Morgan fingerprint density at radius 2 is 2.04 bits per heavy atom. The Balaban J connectivity index is 1.51. The molecule has 4 rings (SSSR count). The number of benzene rings is 1. The third kappa shape index (κ3) is 3.89. The number of furan rings is 1. The van der Waals surface area contributed by atoms with Gasteiger partial charge in [-0.25, -0.2) is 9.97 Å². The standard InChI is InChI=1S/C20H14ClN3O4/c21-14-5-1-4-13(10-14)11-27-16-6-2-8-22-19(16)24-20(25)17-18(28-12-23-17)15-7-3-9-26-15/h1-10,12H,11H2,(H,22,24,25). The SMILES string of the molecule is O=C(Nc1ncccc1OCc1cccc(Cl)c1)c1ncoc1-c1ccco1. The van der Waals surface area contributed by atoms with Crippen LogP contribution in [0.1, 0.15) is 16.1 Å². The van der Waals surface area contributed by atoms with Crippen LogP contribution in [0.2, 0.25) is 5.02 Å². The van der Waals surface area contributed by atoms with E-state index in [9.17, 15) is 4.79 Å². The van der Waals surface area contributed by atoms with E-state index >= 15 is 0 Å². The first kappa shape index (κ1) is 17.8. The Morgan fingerprint density at radius 3 is 2.86 bits per heavy atom. The van der Waals surface area contributed by atoms with Crippen molar-refractivity contribution in [2.75, 3.05) is 5.32 Å². The van der Waals surface area contributed by atoms with Gasteiger partial charge in [-0.1, -0.05) is 23.7 Å². The fourth-order valence-electron chi connectivity index (χ4n) is 2.55. The summed E-state index contributed by atoms with van der Waals surface area (Å²) in [5.74, 6) is 0.828. The Labute approximate surface area is 164 Å².